The number of hydrogen-bond acceptors (Lipinski definition) is 3. The number of carbonyl (C=O) groups is 2. The third kappa shape index (κ3) is 0.768. The Hall–Kier alpha value is -1.10. The van der Waals surface area contributed by atoms with E-state index in [0.717, 1.165) is 0 Å². The molecule has 66 valence electrons. The van der Waals surface area contributed by atoms with E-state index in [0.29, 0.717) is 13.0 Å². The highest BCUT2D eigenvalue weighted by atomic mass is 16.5. The Balaban J connectivity index is 2.31. The minimum atomic E-state index is -0.795. The fraction of sp³-hybridized carbons (Fsp3) is 0.714. The standard InChI is InChI=1S/C7H10N2O3/c1-4-7(2-3-12-4)5(10)8-6(11)9-7/h4H,2-3H2,1H3,(H2,8,9,10,11). The first-order valence-corrected chi connectivity index (χ1v) is 3.90. The second-order valence-electron chi connectivity index (χ2n) is 3.14. The molecule has 1 spiro atoms. The summed E-state index contributed by atoms with van der Waals surface area (Å²) in [7, 11) is 0. The summed E-state index contributed by atoms with van der Waals surface area (Å²) in [6.07, 6.45) is 0.329. The van der Waals surface area contributed by atoms with Crippen LogP contribution in [0.15, 0.2) is 0 Å². The summed E-state index contributed by atoms with van der Waals surface area (Å²) in [6.45, 7) is 2.31. The molecule has 0 aromatic heterocycles. The highest BCUT2D eigenvalue weighted by Crippen LogP contribution is 2.28. The number of amides is 3. The van der Waals surface area contributed by atoms with Crippen LogP contribution in [0.25, 0.3) is 0 Å². The van der Waals surface area contributed by atoms with Crippen molar-refractivity contribution >= 4 is 11.9 Å². The Morgan fingerprint density at radius 1 is 1.58 bits per heavy atom. The zero-order valence-corrected chi connectivity index (χ0v) is 6.72. The SMILES string of the molecule is CC1OCCC12NC(=O)NC2=O. The zero-order chi connectivity index (χ0) is 8.77. The lowest BCUT2D eigenvalue weighted by molar-refractivity contribution is -0.125. The fourth-order valence-electron chi connectivity index (χ4n) is 1.71. The summed E-state index contributed by atoms with van der Waals surface area (Å²) in [4.78, 5) is 22.2. The summed E-state index contributed by atoms with van der Waals surface area (Å²) < 4.78 is 5.23. The maximum Gasteiger partial charge on any atom is 0.322 e. The van der Waals surface area contributed by atoms with Crippen molar-refractivity contribution in [3.05, 3.63) is 0 Å². The van der Waals surface area contributed by atoms with E-state index in [1.54, 1.807) is 6.92 Å². The lowest BCUT2D eigenvalue weighted by Gasteiger charge is -2.22. The van der Waals surface area contributed by atoms with Gasteiger partial charge in [0.05, 0.1) is 6.10 Å². The third-order valence-electron chi connectivity index (χ3n) is 2.53. The number of carbonyl (C=O) groups excluding carboxylic acids is 2. The van der Waals surface area contributed by atoms with Crippen molar-refractivity contribution in [1.29, 1.82) is 0 Å². The van der Waals surface area contributed by atoms with Crippen LogP contribution < -0.4 is 10.6 Å². The van der Waals surface area contributed by atoms with Gasteiger partial charge in [0.25, 0.3) is 5.91 Å². The molecule has 5 nitrogen and oxygen atoms in total. The number of rotatable bonds is 0. The second kappa shape index (κ2) is 2.20. The molecule has 2 saturated heterocycles. The average Bonchev–Trinajstić information content (AvgIpc) is 2.44. The average molecular weight is 170 g/mol. The van der Waals surface area contributed by atoms with E-state index >= 15 is 0 Å². The van der Waals surface area contributed by atoms with Crippen molar-refractivity contribution in [3.8, 4) is 0 Å². The van der Waals surface area contributed by atoms with Gasteiger partial charge in [0.1, 0.15) is 5.54 Å². The molecule has 2 aliphatic rings. The van der Waals surface area contributed by atoms with Gasteiger partial charge in [-0.05, 0) is 6.92 Å². The van der Waals surface area contributed by atoms with Crippen LogP contribution in [-0.4, -0.2) is 30.2 Å². The molecule has 12 heavy (non-hydrogen) atoms. The third-order valence-corrected chi connectivity index (χ3v) is 2.53. The number of imide groups is 1. The van der Waals surface area contributed by atoms with Gasteiger partial charge in [-0.15, -0.1) is 0 Å². The Labute approximate surface area is 69.5 Å². The topological polar surface area (TPSA) is 67.4 Å². The number of ether oxygens (including phenoxy) is 1. The van der Waals surface area contributed by atoms with Crippen molar-refractivity contribution in [3.63, 3.8) is 0 Å². The van der Waals surface area contributed by atoms with Gasteiger partial charge in [0.15, 0.2) is 0 Å². The predicted octanol–water partition coefficient (Wildman–Crippen LogP) is -0.627. The summed E-state index contributed by atoms with van der Waals surface area (Å²) >= 11 is 0. The minimum absolute atomic E-state index is 0.232. The number of nitrogens with one attached hydrogen (secondary N) is 2. The fourth-order valence-corrected chi connectivity index (χ4v) is 1.71. The molecule has 0 aromatic carbocycles. The number of hydrogen-bond donors (Lipinski definition) is 2. The first-order valence-electron chi connectivity index (χ1n) is 3.90. The maximum atomic E-state index is 11.3. The van der Waals surface area contributed by atoms with Gasteiger partial charge in [0, 0.05) is 13.0 Å². The van der Waals surface area contributed by atoms with Crippen molar-refractivity contribution in [1.82, 2.24) is 10.6 Å². The minimum Gasteiger partial charge on any atom is -0.375 e. The Morgan fingerprint density at radius 3 is 2.75 bits per heavy atom. The largest absolute Gasteiger partial charge is 0.375 e. The van der Waals surface area contributed by atoms with Crippen LogP contribution in [0.3, 0.4) is 0 Å². The van der Waals surface area contributed by atoms with Crippen LogP contribution >= 0.6 is 0 Å². The molecule has 0 bridgehead atoms. The molecule has 2 N–H and O–H groups in total. The van der Waals surface area contributed by atoms with E-state index in [2.05, 4.69) is 10.6 Å². The van der Waals surface area contributed by atoms with E-state index in [1.807, 2.05) is 0 Å². The molecule has 0 saturated carbocycles. The summed E-state index contributed by atoms with van der Waals surface area (Å²) in [6, 6.07) is -0.419. The molecule has 2 rings (SSSR count). The van der Waals surface area contributed by atoms with E-state index in [9.17, 15) is 9.59 Å². The van der Waals surface area contributed by atoms with E-state index in [1.165, 1.54) is 0 Å². The highest BCUT2D eigenvalue weighted by Gasteiger charge is 2.53. The first kappa shape index (κ1) is 7.54. The van der Waals surface area contributed by atoms with Crippen LogP contribution in [0.2, 0.25) is 0 Å². The predicted molar refractivity (Wildman–Crippen MR) is 39.4 cm³/mol. The molecule has 3 amide bonds. The molecular weight excluding hydrogens is 160 g/mol. The van der Waals surface area contributed by atoms with Crippen LogP contribution in [0, 0.1) is 0 Å². The molecule has 0 aromatic rings. The molecular formula is C7H10N2O3. The normalized spacial score (nSPS) is 40.2. The van der Waals surface area contributed by atoms with E-state index in [4.69, 9.17) is 4.74 Å². The van der Waals surface area contributed by atoms with Crippen molar-refractivity contribution < 1.29 is 14.3 Å². The van der Waals surface area contributed by atoms with Crippen LogP contribution in [0.4, 0.5) is 4.79 Å². The van der Waals surface area contributed by atoms with E-state index < -0.39 is 11.6 Å². The highest BCUT2D eigenvalue weighted by molar-refractivity contribution is 6.07. The smallest absolute Gasteiger partial charge is 0.322 e. The van der Waals surface area contributed by atoms with Gasteiger partial charge >= 0.3 is 6.03 Å². The molecule has 5 heteroatoms. The molecule has 2 heterocycles. The van der Waals surface area contributed by atoms with Gasteiger partial charge in [-0.25, -0.2) is 4.79 Å². The van der Waals surface area contributed by atoms with E-state index in [-0.39, 0.29) is 12.0 Å². The Morgan fingerprint density at radius 2 is 2.33 bits per heavy atom. The summed E-state index contributed by atoms with van der Waals surface area (Å²) in [5.74, 6) is -0.266. The van der Waals surface area contributed by atoms with Crippen molar-refractivity contribution in [2.45, 2.75) is 25.0 Å². The van der Waals surface area contributed by atoms with Crippen LogP contribution in [-0.2, 0) is 9.53 Å². The second-order valence-corrected chi connectivity index (χ2v) is 3.14. The van der Waals surface area contributed by atoms with Gasteiger partial charge in [0.2, 0.25) is 0 Å². The lowest BCUT2D eigenvalue weighted by Crippen LogP contribution is -2.52. The van der Waals surface area contributed by atoms with Crippen molar-refractivity contribution in [2.75, 3.05) is 6.61 Å². The van der Waals surface area contributed by atoms with Gasteiger partial charge in [-0.2, -0.15) is 0 Å². The molecule has 2 fully saturated rings. The molecule has 2 unspecified atom stereocenters. The molecule has 0 aliphatic carbocycles. The zero-order valence-electron chi connectivity index (χ0n) is 6.72. The van der Waals surface area contributed by atoms with Crippen LogP contribution in [0.1, 0.15) is 13.3 Å². The van der Waals surface area contributed by atoms with Crippen LogP contribution in [0.5, 0.6) is 0 Å². The molecule has 0 radical (unpaired) electrons. The summed E-state index contributed by atoms with van der Waals surface area (Å²) in [5, 5.41) is 4.82. The summed E-state index contributed by atoms with van der Waals surface area (Å²) in [5.41, 5.74) is -0.795. The monoisotopic (exact) mass is 170 g/mol. The molecule has 2 aliphatic heterocycles. The first-order chi connectivity index (χ1) is 5.65. The Kier molecular flexibility index (Phi) is 1.38. The maximum absolute atomic E-state index is 11.3. The van der Waals surface area contributed by atoms with Gasteiger partial charge in [-0.1, -0.05) is 0 Å². The number of urea groups is 1. The molecule has 2 atom stereocenters. The van der Waals surface area contributed by atoms with Gasteiger partial charge < -0.3 is 10.1 Å². The Bertz CT molecular complexity index is 253. The lowest BCUT2D eigenvalue weighted by atomic mass is 9.93. The quantitative estimate of drug-likeness (QED) is 0.476. The van der Waals surface area contributed by atoms with Gasteiger partial charge in [-0.3, -0.25) is 10.1 Å². The van der Waals surface area contributed by atoms with Crippen molar-refractivity contribution in [2.24, 2.45) is 0 Å².